The molecule has 0 bridgehead atoms. The predicted molar refractivity (Wildman–Crippen MR) is 92.2 cm³/mol. The van der Waals surface area contributed by atoms with Gasteiger partial charge in [0.2, 0.25) is 0 Å². The summed E-state index contributed by atoms with van der Waals surface area (Å²) >= 11 is 0. The van der Waals surface area contributed by atoms with Crippen molar-refractivity contribution < 1.29 is 14.6 Å². The highest BCUT2D eigenvalue weighted by Crippen LogP contribution is 2.23. The molecule has 2 unspecified atom stereocenters. The van der Waals surface area contributed by atoms with Crippen LogP contribution in [0.2, 0.25) is 0 Å². The van der Waals surface area contributed by atoms with Gasteiger partial charge in [0.1, 0.15) is 0 Å². The summed E-state index contributed by atoms with van der Waals surface area (Å²) in [7, 11) is 0. The maximum absolute atomic E-state index is 9.52. The van der Waals surface area contributed by atoms with Crippen molar-refractivity contribution >= 4 is 0 Å². The van der Waals surface area contributed by atoms with Gasteiger partial charge >= 0.3 is 0 Å². The van der Waals surface area contributed by atoms with E-state index in [0.717, 1.165) is 19.3 Å². The van der Waals surface area contributed by atoms with Crippen molar-refractivity contribution in [2.75, 3.05) is 6.61 Å². The maximum Gasteiger partial charge on any atom is 0.0837 e. The fourth-order valence-electron chi connectivity index (χ4n) is 3.13. The first-order valence-electron chi connectivity index (χ1n) is 9.58. The molecule has 22 heavy (non-hydrogen) atoms. The van der Waals surface area contributed by atoms with Gasteiger partial charge in [-0.05, 0) is 33.1 Å². The van der Waals surface area contributed by atoms with Crippen molar-refractivity contribution in [3.8, 4) is 0 Å². The van der Waals surface area contributed by atoms with Gasteiger partial charge in [-0.25, -0.2) is 0 Å². The molecule has 0 radical (unpaired) electrons. The van der Waals surface area contributed by atoms with Crippen molar-refractivity contribution in [3.05, 3.63) is 0 Å². The molecule has 4 atom stereocenters. The fourth-order valence-corrected chi connectivity index (χ4v) is 3.13. The molecule has 0 amide bonds. The zero-order valence-corrected chi connectivity index (χ0v) is 15.1. The highest BCUT2D eigenvalue weighted by molar-refractivity contribution is 4.77. The van der Waals surface area contributed by atoms with Crippen LogP contribution >= 0.6 is 0 Å². The molecule has 1 N–H and O–H groups in total. The molecule has 0 spiro atoms. The molecule has 1 aliphatic rings. The molecule has 0 aromatic rings. The van der Waals surface area contributed by atoms with Gasteiger partial charge in [-0.2, -0.15) is 0 Å². The molecule has 0 aromatic carbocycles. The zero-order chi connectivity index (χ0) is 16.2. The highest BCUT2D eigenvalue weighted by atomic mass is 16.6. The largest absolute Gasteiger partial charge is 0.391 e. The van der Waals surface area contributed by atoms with E-state index in [0.29, 0.717) is 12.7 Å². The van der Waals surface area contributed by atoms with Gasteiger partial charge in [-0.1, -0.05) is 58.3 Å². The molecule has 1 heterocycles. The lowest BCUT2D eigenvalue weighted by Crippen LogP contribution is -2.26. The van der Waals surface area contributed by atoms with Gasteiger partial charge in [0.25, 0.3) is 0 Å². The summed E-state index contributed by atoms with van der Waals surface area (Å²) in [6.07, 6.45) is 14.2. The second-order valence-electron chi connectivity index (χ2n) is 7.02. The van der Waals surface area contributed by atoms with Crippen LogP contribution in [0.1, 0.15) is 91.4 Å². The maximum atomic E-state index is 9.52. The summed E-state index contributed by atoms with van der Waals surface area (Å²) in [5.74, 6) is 0. The van der Waals surface area contributed by atoms with Gasteiger partial charge < -0.3 is 14.6 Å². The van der Waals surface area contributed by atoms with E-state index in [2.05, 4.69) is 13.8 Å². The lowest BCUT2D eigenvalue weighted by atomic mass is 10.1. The monoisotopic (exact) mass is 314 g/mol. The van der Waals surface area contributed by atoms with Crippen molar-refractivity contribution in [2.24, 2.45) is 0 Å². The number of hydrogen-bond donors (Lipinski definition) is 1. The number of aliphatic hydroxyl groups is 1. The molecule has 1 fully saturated rings. The van der Waals surface area contributed by atoms with Crippen LogP contribution < -0.4 is 0 Å². The van der Waals surface area contributed by atoms with Crippen LogP contribution in [0.4, 0.5) is 0 Å². The van der Waals surface area contributed by atoms with E-state index in [4.69, 9.17) is 9.47 Å². The Morgan fingerprint density at radius 3 is 2.23 bits per heavy atom. The van der Waals surface area contributed by atoms with Crippen LogP contribution in [0.15, 0.2) is 0 Å². The van der Waals surface area contributed by atoms with Crippen molar-refractivity contribution in [1.29, 1.82) is 0 Å². The van der Waals surface area contributed by atoms with Gasteiger partial charge in [0, 0.05) is 0 Å². The van der Waals surface area contributed by atoms with Crippen LogP contribution in [0.3, 0.4) is 0 Å². The second-order valence-corrected chi connectivity index (χ2v) is 7.02. The summed E-state index contributed by atoms with van der Waals surface area (Å²) < 4.78 is 11.7. The molecule has 132 valence electrons. The number of ether oxygens (including phenoxy) is 2. The van der Waals surface area contributed by atoms with Crippen molar-refractivity contribution in [1.82, 2.24) is 0 Å². The van der Waals surface area contributed by atoms with Crippen LogP contribution in [0, 0.1) is 0 Å². The smallest absolute Gasteiger partial charge is 0.0837 e. The van der Waals surface area contributed by atoms with Gasteiger partial charge in [-0.3, -0.25) is 0 Å². The first-order valence-corrected chi connectivity index (χ1v) is 9.58. The number of aliphatic hydroxyl groups excluding tert-OH is 1. The lowest BCUT2D eigenvalue weighted by Gasteiger charge is -2.18. The van der Waals surface area contributed by atoms with Crippen LogP contribution in [0.5, 0.6) is 0 Å². The minimum atomic E-state index is -0.361. The Hall–Kier alpha value is -0.120. The van der Waals surface area contributed by atoms with E-state index < -0.39 is 0 Å². The lowest BCUT2D eigenvalue weighted by molar-refractivity contribution is -0.0681. The third kappa shape index (κ3) is 9.12. The zero-order valence-electron chi connectivity index (χ0n) is 15.1. The SMILES string of the molecule is CCCCCCCCCCC(C)OC[C@@H]1CC[C@@H](C(C)O)O1. The molecule has 3 nitrogen and oxygen atoms in total. The number of hydrogen-bond acceptors (Lipinski definition) is 3. The van der Waals surface area contributed by atoms with Crippen LogP contribution in [0.25, 0.3) is 0 Å². The Kier molecular flexibility index (Phi) is 11.2. The molecular weight excluding hydrogens is 276 g/mol. The standard InChI is InChI=1S/C19H38O3/c1-4-5-6-7-8-9-10-11-12-16(2)21-15-18-13-14-19(22-18)17(3)20/h16-20H,4-15H2,1-3H3/t16?,17?,18-,19-/m0/s1. The van der Waals surface area contributed by atoms with E-state index in [-0.39, 0.29) is 18.3 Å². The average molecular weight is 315 g/mol. The first-order chi connectivity index (χ1) is 10.6. The van der Waals surface area contributed by atoms with E-state index in [9.17, 15) is 5.11 Å². The number of rotatable bonds is 13. The third-order valence-corrected chi connectivity index (χ3v) is 4.71. The van der Waals surface area contributed by atoms with Crippen LogP contribution in [-0.4, -0.2) is 36.1 Å². The highest BCUT2D eigenvalue weighted by Gasteiger charge is 2.28. The van der Waals surface area contributed by atoms with Crippen LogP contribution in [-0.2, 0) is 9.47 Å². The molecular formula is C19H38O3. The quantitative estimate of drug-likeness (QED) is 0.494. The molecule has 3 heteroatoms. The normalized spacial score (nSPS) is 24.5. The Morgan fingerprint density at radius 2 is 1.64 bits per heavy atom. The topological polar surface area (TPSA) is 38.7 Å². The minimum absolute atomic E-state index is 0.0108. The van der Waals surface area contributed by atoms with E-state index in [1.807, 2.05) is 0 Å². The van der Waals surface area contributed by atoms with Gasteiger partial charge in [0.15, 0.2) is 0 Å². The molecule has 0 saturated carbocycles. The summed E-state index contributed by atoms with van der Waals surface area (Å²) in [6, 6.07) is 0. The molecule has 1 saturated heterocycles. The second kappa shape index (κ2) is 12.3. The van der Waals surface area contributed by atoms with E-state index >= 15 is 0 Å². The summed E-state index contributed by atoms with van der Waals surface area (Å²) in [5.41, 5.74) is 0. The van der Waals surface area contributed by atoms with Gasteiger partial charge in [0.05, 0.1) is 31.0 Å². The molecule has 1 rings (SSSR count). The molecule has 1 aliphatic heterocycles. The average Bonchev–Trinajstić information content (AvgIpc) is 2.97. The molecule has 0 aliphatic carbocycles. The first kappa shape index (κ1) is 19.9. The predicted octanol–water partition coefficient (Wildman–Crippen LogP) is 4.85. The van der Waals surface area contributed by atoms with Crippen molar-refractivity contribution in [2.45, 2.75) is 116 Å². The van der Waals surface area contributed by atoms with E-state index in [1.165, 1.54) is 51.4 Å². The van der Waals surface area contributed by atoms with E-state index in [1.54, 1.807) is 6.92 Å². The Bertz CT molecular complexity index is 255. The molecule has 0 aromatic heterocycles. The van der Waals surface area contributed by atoms with Crippen molar-refractivity contribution in [3.63, 3.8) is 0 Å². The summed E-state index contributed by atoms with van der Waals surface area (Å²) in [4.78, 5) is 0. The minimum Gasteiger partial charge on any atom is -0.391 e. The van der Waals surface area contributed by atoms with Gasteiger partial charge in [-0.15, -0.1) is 0 Å². The Balaban J connectivity index is 1.90. The fraction of sp³-hybridized carbons (Fsp3) is 1.00. The Labute approximate surface area is 137 Å². The summed E-state index contributed by atoms with van der Waals surface area (Å²) in [5, 5.41) is 9.52. The number of unbranched alkanes of at least 4 members (excludes halogenated alkanes) is 7. The summed E-state index contributed by atoms with van der Waals surface area (Å²) in [6.45, 7) is 6.92. The third-order valence-electron chi connectivity index (χ3n) is 4.71. The Morgan fingerprint density at radius 1 is 1.00 bits per heavy atom.